The van der Waals surface area contributed by atoms with Gasteiger partial charge in [0.15, 0.2) is 0 Å². The van der Waals surface area contributed by atoms with Crippen LogP contribution in [0.3, 0.4) is 0 Å². The molecule has 0 aliphatic carbocycles. The van der Waals surface area contributed by atoms with E-state index in [0.717, 1.165) is 0 Å². The van der Waals surface area contributed by atoms with Crippen LogP contribution in [0.1, 0.15) is 62.3 Å². The summed E-state index contributed by atoms with van der Waals surface area (Å²) in [5, 5.41) is 0. The zero-order valence-corrected chi connectivity index (χ0v) is 13.7. The van der Waals surface area contributed by atoms with Crippen LogP contribution < -0.4 is 0 Å². The molecule has 0 bridgehead atoms. The Hall–Kier alpha value is -1.06. The number of rotatable bonds is 4. The summed E-state index contributed by atoms with van der Waals surface area (Å²) in [6.07, 6.45) is 0. The Morgan fingerprint density at radius 2 is 1.26 bits per heavy atom. The quantitative estimate of drug-likeness (QED) is 0.580. The van der Waals surface area contributed by atoms with Crippen LogP contribution in [0, 0.1) is 16.7 Å². The first-order valence-corrected chi connectivity index (χ1v) is 6.67. The molecule has 0 aliphatic heterocycles. The summed E-state index contributed by atoms with van der Waals surface area (Å²) in [5.41, 5.74) is -0.920. The van der Waals surface area contributed by atoms with E-state index in [9.17, 15) is 9.59 Å². The van der Waals surface area contributed by atoms with Crippen molar-refractivity contribution in [2.45, 2.75) is 68.1 Å². The highest BCUT2D eigenvalue weighted by atomic mass is 16.7. The summed E-state index contributed by atoms with van der Waals surface area (Å²) >= 11 is 0. The number of hydrogen-bond donors (Lipinski definition) is 0. The lowest BCUT2D eigenvalue weighted by Crippen LogP contribution is -2.44. The Morgan fingerprint density at radius 3 is 1.58 bits per heavy atom. The number of hydrogen-bond acceptors (Lipinski definition) is 4. The van der Waals surface area contributed by atoms with Crippen molar-refractivity contribution < 1.29 is 19.1 Å². The van der Waals surface area contributed by atoms with Gasteiger partial charge in [0.2, 0.25) is 0 Å². The molecule has 0 radical (unpaired) electrons. The molecular formula is C15H28O4. The second kappa shape index (κ2) is 5.51. The van der Waals surface area contributed by atoms with Gasteiger partial charge in [-0.1, -0.05) is 34.6 Å². The first-order valence-electron chi connectivity index (χ1n) is 6.67. The molecule has 0 amide bonds. The fourth-order valence-corrected chi connectivity index (χ4v) is 1.04. The lowest BCUT2D eigenvalue weighted by Gasteiger charge is -2.38. The Bertz CT molecular complexity index is 346. The van der Waals surface area contributed by atoms with Crippen LogP contribution in [0.4, 0.5) is 0 Å². The summed E-state index contributed by atoms with van der Waals surface area (Å²) in [6, 6.07) is 0. The van der Waals surface area contributed by atoms with E-state index >= 15 is 0 Å². The van der Waals surface area contributed by atoms with Gasteiger partial charge < -0.3 is 9.47 Å². The van der Waals surface area contributed by atoms with E-state index < -0.39 is 11.2 Å². The van der Waals surface area contributed by atoms with Crippen LogP contribution in [0.25, 0.3) is 0 Å². The largest absolute Gasteiger partial charge is 0.423 e. The van der Waals surface area contributed by atoms with Crippen molar-refractivity contribution in [2.24, 2.45) is 16.7 Å². The van der Waals surface area contributed by atoms with Crippen LogP contribution >= 0.6 is 0 Å². The van der Waals surface area contributed by atoms with E-state index in [1.807, 2.05) is 34.6 Å². The summed E-state index contributed by atoms with van der Waals surface area (Å²) in [5.74, 6) is -2.26. The normalized spacial score (nSPS) is 13.4. The highest BCUT2D eigenvalue weighted by Crippen LogP contribution is 2.39. The zero-order chi connectivity index (χ0) is 15.6. The van der Waals surface area contributed by atoms with Crippen molar-refractivity contribution in [2.75, 3.05) is 0 Å². The van der Waals surface area contributed by atoms with Gasteiger partial charge in [-0.05, 0) is 19.3 Å². The van der Waals surface area contributed by atoms with E-state index in [1.54, 1.807) is 27.7 Å². The molecule has 0 rings (SSSR count). The van der Waals surface area contributed by atoms with Crippen molar-refractivity contribution in [3.8, 4) is 0 Å². The van der Waals surface area contributed by atoms with Gasteiger partial charge in [0.05, 0.1) is 11.3 Å². The fraction of sp³-hybridized carbons (Fsp3) is 0.867. The molecule has 0 aromatic carbocycles. The Kier molecular flexibility index (Phi) is 5.21. The van der Waals surface area contributed by atoms with E-state index in [2.05, 4.69) is 0 Å². The van der Waals surface area contributed by atoms with Crippen LogP contribution in [0.2, 0.25) is 0 Å². The van der Waals surface area contributed by atoms with Crippen molar-refractivity contribution in [1.29, 1.82) is 0 Å². The predicted octanol–water partition coefficient (Wildman–Crippen LogP) is 3.54. The van der Waals surface area contributed by atoms with Crippen LogP contribution in [0.5, 0.6) is 0 Å². The van der Waals surface area contributed by atoms with Crippen molar-refractivity contribution >= 4 is 11.9 Å². The molecule has 0 spiro atoms. The average molecular weight is 272 g/mol. The van der Waals surface area contributed by atoms with Gasteiger partial charge in [0.1, 0.15) is 0 Å². The standard InChI is InChI=1S/C15H28O4/c1-10(2)11(16)18-15(8,9)19-12(17)14(6,7)13(3,4)5/h10H,1-9H3. The third-order valence-electron chi connectivity index (χ3n) is 3.54. The maximum atomic E-state index is 12.3. The van der Waals surface area contributed by atoms with Gasteiger partial charge in [-0.3, -0.25) is 9.59 Å². The third-order valence-corrected chi connectivity index (χ3v) is 3.54. The highest BCUT2D eigenvalue weighted by Gasteiger charge is 2.44. The summed E-state index contributed by atoms with van der Waals surface area (Å²) in [4.78, 5) is 23.8. The molecule has 0 fully saturated rings. The molecule has 4 heteroatoms. The molecule has 19 heavy (non-hydrogen) atoms. The minimum absolute atomic E-state index is 0.248. The zero-order valence-electron chi connectivity index (χ0n) is 13.7. The van der Waals surface area contributed by atoms with Crippen molar-refractivity contribution in [3.05, 3.63) is 0 Å². The Labute approximate surface area is 116 Å². The molecule has 0 N–H and O–H groups in total. The molecular weight excluding hydrogens is 244 g/mol. The smallest absolute Gasteiger partial charge is 0.315 e. The van der Waals surface area contributed by atoms with Crippen molar-refractivity contribution in [3.63, 3.8) is 0 Å². The van der Waals surface area contributed by atoms with E-state index in [-0.39, 0.29) is 23.3 Å². The molecule has 4 nitrogen and oxygen atoms in total. The van der Waals surface area contributed by atoms with Gasteiger partial charge in [0, 0.05) is 13.8 Å². The van der Waals surface area contributed by atoms with Crippen LogP contribution in [0.15, 0.2) is 0 Å². The summed E-state index contributed by atoms with van der Waals surface area (Å²) < 4.78 is 10.6. The molecule has 112 valence electrons. The predicted molar refractivity (Wildman–Crippen MR) is 74.3 cm³/mol. The van der Waals surface area contributed by atoms with E-state index in [1.165, 1.54) is 0 Å². The number of ether oxygens (including phenoxy) is 2. The average Bonchev–Trinajstić information content (AvgIpc) is 2.13. The van der Waals surface area contributed by atoms with Crippen LogP contribution in [-0.4, -0.2) is 17.7 Å². The molecule has 0 saturated carbocycles. The Balaban J connectivity index is 4.86. The van der Waals surface area contributed by atoms with E-state index in [4.69, 9.17) is 9.47 Å². The summed E-state index contributed by atoms with van der Waals surface area (Å²) in [6.45, 7) is 16.2. The van der Waals surface area contributed by atoms with Gasteiger partial charge >= 0.3 is 11.9 Å². The molecule has 0 unspecified atom stereocenters. The third kappa shape index (κ3) is 4.84. The Morgan fingerprint density at radius 1 is 0.842 bits per heavy atom. The topological polar surface area (TPSA) is 52.6 Å². The lowest BCUT2D eigenvalue weighted by molar-refractivity contribution is -0.227. The minimum atomic E-state index is -1.25. The van der Waals surface area contributed by atoms with Gasteiger partial charge in [-0.15, -0.1) is 0 Å². The monoisotopic (exact) mass is 272 g/mol. The second-order valence-corrected chi connectivity index (χ2v) is 7.24. The maximum absolute atomic E-state index is 12.3. The van der Waals surface area contributed by atoms with Crippen molar-refractivity contribution in [1.82, 2.24) is 0 Å². The number of carbonyl (C=O) groups excluding carboxylic acids is 2. The lowest BCUT2D eigenvalue weighted by atomic mass is 9.69. The molecule has 0 aliphatic rings. The number of carbonyl (C=O) groups is 2. The maximum Gasteiger partial charge on any atom is 0.315 e. The first-order chi connectivity index (χ1) is 8.21. The fourth-order valence-electron chi connectivity index (χ4n) is 1.04. The summed E-state index contributed by atoms with van der Waals surface area (Å²) in [7, 11) is 0. The SMILES string of the molecule is CC(C)C(=O)OC(C)(C)OC(=O)C(C)(C)C(C)(C)C. The second-order valence-electron chi connectivity index (χ2n) is 7.24. The van der Waals surface area contributed by atoms with Gasteiger partial charge in [-0.25, -0.2) is 0 Å². The molecule has 0 atom stereocenters. The van der Waals surface area contributed by atoms with E-state index in [0.29, 0.717) is 0 Å². The van der Waals surface area contributed by atoms with Crippen LogP contribution in [-0.2, 0) is 19.1 Å². The molecule has 0 aromatic rings. The van der Waals surface area contributed by atoms with Gasteiger partial charge in [0.25, 0.3) is 5.79 Å². The molecule has 0 heterocycles. The highest BCUT2D eigenvalue weighted by molar-refractivity contribution is 5.77. The van der Waals surface area contributed by atoms with Gasteiger partial charge in [-0.2, -0.15) is 0 Å². The number of esters is 2. The molecule has 0 aromatic heterocycles. The minimum Gasteiger partial charge on any atom is -0.423 e. The first kappa shape index (κ1) is 17.9. The molecule has 0 saturated heterocycles.